The Morgan fingerprint density at radius 2 is 2.09 bits per heavy atom. The van der Waals surface area contributed by atoms with Crippen molar-refractivity contribution in [2.75, 3.05) is 20.1 Å². The average molecular weight is 434 g/mol. The van der Waals surface area contributed by atoms with Gasteiger partial charge in [-0.2, -0.15) is 0 Å². The second-order valence-corrected chi connectivity index (χ2v) is 8.30. The van der Waals surface area contributed by atoms with Gasteiger partial charge in [0.2, 0.25) is 5.91 Å². The highest BCUT2D eigenvalue weighted by molar-refractivity contribution is 5.77. The first-order valence-electron chi connectivity index (χ1n) is 11.0. The molecule has 1 saturated heterocycles. The van der Waals surface area contributed by atoms with Gasteiger partial charge in [-0.1, -0.05) is 18.2 Å². The van der Waals surface area contributed by atoms with Crippen LogP contribution in [0.1, 0.15) is 47.9 Å². The molecule has 1 aliphatic rings. The van der Waals surface area contributed by atoms with Gasteiger partial charge in [0.1, 0.15) is 5.82 Å². The third kappa shape index (κ3) is 5.73. The second kappa shape index (κ2) is 10.4. The quantitative estimate of drug-likeness (QED) is 0.541. The number of carbonyl (C=O) groups is 1. The van der Waals surface area contributed by atoms with Crippen LogP contribution in [-0.4, -0.2) is 50.8 Å². The number of amides is 1. The summed E-state index contributed by atoms with van der Waals surface area (Å²) in [5, 5.41) is 0. The van der Waals surface area contributed by atoms with Crippen LogP contribution in [0, 0.1) is 5.82 Å². The van der Waals surface area contributed by atoms with Crippen LogP contribution in [0.15, 0.2) is 61.1 Å². The fourth-order valence-electron chi connectivity index (χ4n) is 4.18. The van der Waals surface area contributed by atoms with E-state index in [0.717, 1.165) is 42.0 Å². The Labute approximate surface area is 188 Å². The van der Waals surface area contributed by atoms with E-state index in [9.17, 15) is 9.18 Å². The van der Waals surface area contributed by atoms with E-state index >= 15 is 0 Å². The van der Waals surface area contributed by atoms with Crippen molar-refractivity contribution in [2.45, 2.75) is 38.3 Å². The Kier molecular flexibility index (Phi) is 7.17. The summed E-state index contributed by atoms with van der Waals surface area (Å²) in [6.45, 7) is 2.12. The van der Waals surface area contributed by atoms with Crippen molar-refractivity contribution in [1.82, 2.24) is 24.8 Å². The molecule has 166 valence electrons. The van der Waals surface area contributed by atoms with E-state index in [1.54, 1.807) is 24.7 Å². The van der Waals surface area contributed by atoms with Crippen LogP contribution < -0.4 is 0 Å². The molecule has 1 aliphatic heterocycles. The highest BCUT2D eigenvalue weighted by Gasteiger charge is 2.31. The van der Waals surface area contributed by atoms with Gasteiger partial charge in [0.05, 0.1) is 29.3 Å². The van der Waals surface area contributed by atoms with Gasteiger partial charge < -0.3 is 9.80 Å². The van der Waals surface area contributed by atoms with Crippen LogP contribution in [0.3, 0.4) is 0 Å². The molecule has 2 aromatic heterocycles. The second-order valence-electron chi connectivity index (χ2n) is 8.30. The molecule has 6 nitrogen and oxygen atoms in total. The minimum atomic E-state index is -0.257. The summed E-state index contributed by atoms with van der Waals surface area (Å²) in [6, 6.07) is 12.3. The van der Waals surface area contributed by atoms with Gasteiger partial charge >= 0.3 is 0 Å². The minimum Gasteiger partial charge on any atom is -0.334 e. The number of nitrogens with zero attached hydrogens (tertiary/aromatic N) is 5. The van der Waals surface area contributed by atoms with E-state index < -0.39 is 0 Å². The third-order valence-electron chi connectivity index (χ3n) is 5.76. The highest BCUT2D eigenvalue weighted by atomic mass is 19.1. The molecule has 1 aromatic carbocycles. The standard InChI is InChI=1S/C25H28FN5O/c1-30(18-21-8-2-3-11-28-21)13-10-25(32)31-12-5-9-24(31)23-17-27-16-22(29-23)15-19-6-4-7-20(26)14-19/h2-4,6-8,11,14,16-17,24H,5,9-10,12-13,15,18H2,1H3/t24-/m1/s1. The van der Waals surface area contributed by atoms with E-state index in [0.29, 0.717) is 25.9 Å². The van der Waals surface area contributed by atoms with Crippen molar-refractivity contribution < 1.29 is 9.18 Å². The van der Waals surface area contributed by atoms with Crippen molar-refractivity contribution in [3.05, 3.63) is 89.5 Å². The van der Waals surface area contributed by atoms with Crippen LogP contribution in [0.5, 0.6) is 0 Å². The Morgan fingerprint density at radius 1 is 1.19 bits per heavy atom. The summed E-state index contributed by atoms with van der Waals surface area (Å²) in [5.41, 5.74) is 3.44. The maximum absolute atomic E-state index is 13.5. The molecule has 0 spiro atoms. The topological polar surface area (TPSA) is 62.2 Å². The molecular formula is C25H28FN5O. The molecule has 0 radical (unpaired) electrons. The molecule has 4 rings (SSSR count). The number of hydrogen-bond donors (Lipinski definition) is 0. The van der Waals surface area contributed by atoms with Gasteiger partial charge in [-0.25, -0.2) is 4.39 Å². The molecule has 7 heteroatoms. The van der Waals surface area contributed by atoms with E-state index in [4.69, 9.17) is 4.98 Å². The molecule has 1 atom stereocenters. The number of halogens is 1. The molecule has 0 saturated carbocycles. The van der Waals surface area contributed by atoms with Crippen LogP contribution in [0.4, 0.5) is 4.39 Å². The number of hydrogen-bond acceptors (Lipinski definition) is 5. The lowest BCUT2D eigenvalue weighted by Crippen LogP contribution is -2.33. The van der Waals surface area contributed by atoms with Gasteiger partial charge in [-0.15, -0.1) is 0 Å². The van der Waals surface area contributed by atoms with Gasteiger partial charge in [0.25, 0.3) is 0 Å². The molecule has 0 unspecified atom stereocenters. The highest BCUT2D eigenvalue weighted by Crippen LogP contribution is 2.31. The SMILES string of the molecule is CN(CCC(=O)N1CCC[C@@H]1c1cncc(Cc2cccc(F)c2)n1)Cc1ccccn1. The first-order chi connectivity index (χ1) is 15.6. The maximum atomic E-state index is 13.5. The Balaban J connectivity index is 1.37. The summed E-state index contributed by atoms with van der Waals surface area (Å²) in [6.07, 6.45) is 8.05. The van der Waals surface area contributed by atoms with Crippen molar-refractivity contribution in [2.24, 2.45) is 0 Å². The first-order valence-corrected chi connectivity index (χ1v) is 11.0. The lowest BCUT2D eigenvalue weighted by Gasteiger charge is -2.25. The number of carbonyl (C=O) groups excluding carboxylic acids is 1. The Bertz CT molecular complexity index is 1050. The van der Waals surface area contributed by atoms with Crippen LogP contribution in [0.25, 0.3) is 0 Å². The summed E-state index contributed by atoms with van der Waals surface area (Å²) < 4.78 is 13.5. The Morgan fingerprint density at radius 3 is 2.91 bits per heavy atom. The van der Waals surface area contributed by atoms with Crippen molar-refractivity contribution in [1.29, 1.82) is 0 Å². The van der Waals surface area contributed by atoms with Crippen LogP contribution in [0.2, 0.25) is 0 Å². The maximum Gasteiger partial charge on any atom is 0.224 e. The van der Waals surface area contributed by atoms with Gasteiger partial charge in [0.15, 0.2) is 0 Å². The largest absolute Gasteiger partial charge is 0.334 e. The molecule has 0 aliphatic carbocycles. The molecule has 32 heavy (non-hydrogen) atoms. The van der Waals surface area contributed by atoms with E-state index in [-0.39, 0.29) is 17.8 Å². The van der Waals surface area contributed by atoms with Crippen molar-refractivity contribution >= 4 is 5.91 Å². The van der Waals surface area contributed by atoms with E-state index in [1.807, 2.05) is 36.2 Å². The molecule has 1 amide bonds. The van der Waals surface area contributed by atoms with Gasteiger partial charge in [-0.3, -0.25) is 19.7 Å². The zero-order chi connectivity index (χ0) is 22.3. The summed E-state index contributed by atoms with van der Waals surface area (Å²) >= 11 is 0. The number of benzene rings is 1. The van der Waals surface area contributed by atoms with Crippen LogP contribution in [-0.2, 0) is 17.8 Å². The Hall–Kier alpha value is -3.19. The van der Waals surface area contributed by atoms with E-state index in [1.165, 1.54) is 12.1 Å². The van der Waals surface area contributed by atoms with E-state index in [2.05, 4.69) is 14.9 Å². The summed E-state index contributed by atoms with van der Waals surface area (Å²) in [4.78, 5) is 30.5. The third-order valence-corrected chi connectivity index (χ3v) is 5.76. The number of aromatic nitrogens is 3. The average Bonchev–Trinajstić information content (AvgIpc) is 3.29. The summed E-state index contributed by atoms with van der Waals surface area (Å²) in [7, 11) is 2.00. The molecule has 3 heterocycles. The van der Waals surface area contributed by atoms with Gasteiger partial charge in [-0.05, 0) is 49.7 Å². The zero-order valence-corrected chi connectivity index (χ0v) is 18.3. The lowest BCUT2D eigenvalue weighted by molar-refractivity contribution is -0.132. The molecule has 0 bridgehead atoms. The normalized spacial score (nSPS) is 16.0. The molecular weight excluding hydrogens is 405 g/mol. The lowest BCUT2D eigenvalue weighted by atomic mass is 10.1. The molecule has 3 aromatic rings. The summed E-state index contributed by atoms with van der Waals surface area (Å²) in [5.74, 6) is -0.120. The fraction of sp³-hybridized carbons (Fsp3) is 0.360. The van der Waals surface area contributed by atoms with Crippen LogP contribution >= 0.6 is 0 Å². The molecule has 1 fully saturated rings. The van der Waals surface area contributed by atoms with Gasteiger partial charge in [0, 0.05) is 44.9 Å². The molecule has 0 N–H and O–H groups in total. The number of pyridine rings is 1. The number of likely N-dealkylation sites (tertiary alicyclic amines) is 1. The minimum absolute atomic E-state index is 0.0523. The predicted octanol–water partition coefficient (Wildman–Crippen LogP) is 3.79. The predicted molar refractivity (Wildman–Crippen MR) is 120 cm³/mol. The number of rotatable bonds is 8. The smallest absolute Gasteiger partial charge is 0.224 e. The zero-order valence-electron chi connectivity index (χ0n) is 18.3. The fourth-order valence-corrected chi connectivity index (χ4v) is 4.18. The monoisotopic (exact) mass is 433 g/mol. The van der Waals surface area contributed by atoms with Crippen molar-refractivity contribution in [3.8, 4) is 0 Å². The van der Waals surface area contributed by atoms with Crippen molar-refractivity contribution in [3.63, 3.8) is 0 Å². The first kappa shape index (κ1) is 22.0.